The molecule has 30 heavy (non-hydrogen) atoms. The molecule has 0 spiro atoms. The van der Waals surface area contributed by atoms with Crippen molar-refractivity contribution in [2.45, 2.75) is 64.2 Å². The number of likely N-dealkylation sites (tertiary alicyclic amines) is 1. The lowest BCUT2D eigenvalue weighted by Crippen LogP contribution is -2.43. The second-order valence-corrected chi connectivity index (χ2v) is 10.5. The van der Waals surface area contributed by atoms with E-state index < -0.39 is 0 Å². The largest absolute Gasteiger partial charge is 0.339 e. The first-order valence-corrected chi connectivity index (χ1v) is 12.4. The normalized spacial score (nSPS) is 37.7. The van der Waals surface area contributed by atoms with Gasteiger partial charge in [0.25, 0.3) is 5.91 Å². The maximum absolute atomic E-state index is 13.4. The van der Waals surface area contributed by atoms with Crippen molar-refractivity contribution in [2.75, 3.05) is 13.1 Å². The van der Waals surface area contributed by atoms with E-state index in [4.69, 9.17) is 0 Å². The maximum atomic E-state index is 13.4. The van der Waals surface area contributed by atoms with Crippen LogP contribution in [0, 0.1) is 29.6 Å². The predicted molar refractivity (Wildman–Crippen MR) is 118 cm³/mol. The number of carbonyl (C=O) groups excluding carboxylic acids is 2. The lowest BCUT2D eigenvalue weighted by atomic mass is 9.53. The molecule has 0 radical (unpaired) electrons. The molecule has 0 N–H and O–H groups in total. The van der Waals surface area contributed by atoms with Crippen LogP contribution in [-0.2, 0) is 9.59 Å². The lowest BCUT2D eigenvalue weighted by Gasteiger charge is -2.52. The van der Waals surface area contributed by atoms with Gasteiger partial charge >= 0.3 is 0 Å². The highest BCUT2D eigenvalue weighted by molar-refractivity contribution is 6.25. The van der Waals surface area contributed by atoms with Crippen LogP contribution in [0.4, 0.5) is 0 Å². The summed E-state index contributed by atoms with van der Waals surface area (Å²) in [5, 5.41) is 0. The minimum Gasteiger partial charge on any atom is -0.339 e. The Morgan fingerprint density at radius 1 is 0.833 bits per heavy atom. The lowest BCUT2D eigenvalue weighted by molar-refractivity contribution is -0.128. The molecule has 6 aliphatic rings. The zero-order valence-corrected chi connectivity index (χ0v) is 17.9. The molecule has 5 aliphatic carbocycles. The van der Waals surface area contributed by atoms with E-state index in [2.05, 4.69) is 12.2 Å². The van der Waals surface area contributed by atoms with Crippen LogP contribution < -0.4 is 0 Å². The molecule has 5 atom stereocenters. The van der Waals surface area contributed by atoms with E-state index in [1.165, 1.54) is 44.9 Å². The van der Waals surface area contributed by atoms with Gasteiger partial charge in [-0.2, -0.15) is 0 Å². The molecule has 6 rings (SSSR count). The van der Waals surface area contributed by atoms with Crippen LogP contribution in [-0.4, -0.2) is 29.7 Å². The Hall–Kier alpha value is -1.90. The number of hydrogen-bond acceptors (Lipinski definition) is 2. The molecule has 1 amide bonds. The van der Waals surface area contributed by atoms with Gasteiger partial charge in [-0.15, -0.1) is 0 Å². The van der Waals surface area contributed by atoms with E-state index in [0.29, 0.717) is 11.5 Å². The minimum atomic E-state index is -0.0709. The molecule has 0 aromatic heterocycles. The molecule has 3 heteroatoms. The van der Waals surface area contributed by atoms with Gasteiger partial charge < -0.3 is 4.90 Å². The highest BCUT2D eigenvalue weighted by atomic mass is 16.2. The minimum absolute atomic E-state index is 0.0119. The van der Waals surface area contributed by atoms with Gasteiger partial charge in [-0.1, -0.05) is 43.1 Å². The molecule has 158 valence electrons. The summed E-state index contributed by atoms with van der Waals surface area (Å²) in [6, 6.07) is 0. The van der Waals surface area contributed by atoms with Gasteiger partial charge in [0.15, 0.2) is 5.78 Å². The molecular formula is C27H33NO2. The quantitative estimate of drug-likeness (QED) is 0.568. The van der Waals surface area contributed by atoms with E-state index in [1.54, 1.807) is 11.6 Å². The summed E-state index contributed by atoms with van der Waals surface area (Å²) in [5.41, 5.74) is 4.21. The Morgan fingerprint density at radius 2 is 1.67 bits per heavy atom. The van der Waals surface area contributed by atoms with E-state index in [1.807, 2.05) is 11.0 Å². The summed E-state index contributed by atoms with van der Waals surface area (Å²) < 4.78 is 0. The van der Waals surface area contributed by atoms with Crippen molar-refractivity contribution in [3.05, 3.63) is 46.6 Å². The molecule has 4 fully saturated rings. The Morgan fingerprint density at radius 3 is 2.53 bits per heavy atom. The number of rotatable bonds is 1. The molecule has 1 aliphatic heterocycles. The van der Waals surface area contributed by atoms with Crippen LogP contribution in [0.25, 0.3) is 0 Å². The highest BCUT2D eigenvalue weighted by Gasteiger charge is 2.47. The van der Waals surface area contributed by atoms with E-state index in [-0.39, 0.29) is 17.6 Å². The van der Waals surface area contributed by atoms with Crippen LogP contribution in [0.3, 0.4) is 0 Å². The van der Waals surface area contributed by atoms with Gasteiger partial charge in [0.05, 0.1) is 5.57 Å². The zero-order valence-electron chi connectivity index (χ0n) is 17.9. The second-order valence-electron chi connectivity index (χ2n) is 10.5. The van der Waals surface area contributed by atoms with Crippen molar-refractivity contribution in [2.24, 2.45) is 29.6 Å². The fourth-order valence-corrected chi connectivity index (χ4v) is 7.85. The third-order valence-corrected chi connectivity index (χ3v) is 9.15. The average molecular weight is 404 g/mol. The van der Waals surface area contributed by atoms with Crippen molar-refractivity contribution in [1.82, 2.24) is 4.90 Å². The van der Waals surface area contributed by atoms with E-state index in [9.17, 15) is 9.59 Å². The van der Waals surface area contributed by atoms with Crippen LogP contribution >= 0.6 is 0 Å². The smallest absolute Gasteiger partial charge is 0.258 e. The summed E-state index contributed by atoms with van der Waals surface area (Å²) in [6.45, 7) is 1.60. The standard InChI is InChI=1S/C27H33NO2/c29-24-14-9-18-8-11-22-21-10-7-17-5-1-2-6-19(17)20(21)12-13-23(22)25(18)26(24)27(30)28-15-3-4-16-28/h8-9,11,14,17,19-21,23H,1-7,10,12-13,15-16H2. The van der Waals surface area contributed by atoms with Crippen molar-refractivity contribution in [3.63, 3.8) is 0 Å². The first kappa shape index (κ1) is 18.8. The first-order chi connectivity index (χ1) is 14.7. The second kappa shape index (κ2) is 7.35. The van der Waals surface area contributed by atoms with Gasteiger partial charge in [0.2, 0.25) is 0 Å². The maximum Gasteiger partial charge on any atom is 0.258 e. The van der Waals surface area contributed by atoms with Crippen LogP contribution in [0.15, 0.2) is 46.6 Å². The third-order valence-electron chi connectivity index (χ3n) is 9.15. The topological polar surface area (TPSA) is 37.4 Å². The van der Waals surface area contributed by atoms with Gasteiger partial charge in [-0.05, 0) is 85.8 Å². The number of carbonyl (C=O) groups is 2. The fourth-order valence-electron chi connectivity index (χ4n) is 7.85. The Bertz CT molecular complexity index is 898. The van der Waals surface area contributed by atoms with Crippen LogP contribution in [0.2, 0.25) is 0 Å². The van der Waals surface area contributed by atoms with Crippen LogP contribution in [0.1, 0.15) is 64.2 Å². The molecule has 0 aromatic carbocycles. The third kappa shape index (κ3) is 2.84. The number of ketones is 1. The summed E-state index contributed by atoms with van der Waals surface area (Å²) in [5.74, 6) is 3.56. The van der Waals surface area contributed by atoms with Gasteiger partial charge in [0, 0.05) is 19.0 Å². The molecule has 3 nitrogen and oxygen atoms in total. The molecule has 5 unspecified atom stereocenters. The Labute approximate surface area is 180 Å². The number of hydrogen-bond donors (Lipinski definition) is 0. The number of fused-ring (bicyclic) bond motifs is 7. The molecule has 0 bridgehead atoms. The first-order valence-electron chi connectivity index (χ1n) is 12.4. The monoisotopic (exact) mass is 403 g/mol. The van der Waals surface area contributed by atoms with Crippen molar-refractivity contribution >= 4 is 11.7 Å². The number of nitrogens with zero attached hydrogens (tertiary/aromatic N) is 1. The van der Waals surface area contributed by atoms with Gasteiger partial charge in [-0.3, -0.25) is 9.59 Å². The van der Waals surface area contributed by atoms with E-state index in [0.717, 1.165) is 61.3 Å². The summed E-state index contributed by atoms with van der Waals surface area (Å²) in [6.07, 6.45) is 21.1. The molecule has 0 aromatic rings. The van der Waals surface area contributed by atoms with Gasteiger partial charge in [-0.25, -0.2) is 0 Å². The van der Waals surface area contributed by atoms with Crippen molar-refractivity contribution in [3.8, 4) is 0 Å². The number of allylic oxidation sites excluding steroid dienone is 7. The Kier molecular flexibility index (Phi) is 4.62. The molecule has 1 saturated heterocycles. The van der Waals surface area contributed by atoms with Gasteiger partial charge in [0.1, 0.15) is 0 Å². The average Bonchev–Trinajstić information content (AvgIpc) is 3.33. The fraction of sp³-hybridized carbons (Fsp3) is 0.630. The summed E-state index contributed by atoms with van der Waals surface area (Å²) in [4.78, 5) is 28.2. The van der Waals surface area contributed by atoms with E-state index >= 15 is 0 Å². The Balaban J connectivity index is 1.37. The van der Waals surface area contributed by atoms with Crippen molar-refractivity contribution in [1.29, 1.82) is 0 Å². The summed E-state index contributed by atoms with van der Waals surface area (Å²) in [7, 11) is 0. The zero-order chi connectivity index (χ0) is 20.2. The highest BCUT2D eigenvalue weighted by Crippen LogP contribution is 2.57. The molecule has 1 heterocycles. The SMILES string of the molecule is O=C1C=CC2=CC=C3C(CCC4C3CCC3CCCCC34)C2=C1C(=O)N1CCCC1. The van der Waals surface area contributed by atoms with Crippen molar-refractivity contribution < 1.29 is 9.59 Å². The van der Waals surface area contributed by atoms with Crippen LogP contribution in [0.5, 0.6) is 0 Å². The predicted octanol–water partition coefficient (Wildman–Crippen LogP) is 5.15. The molecule has 3 saturated carbocycles. The number of amides is 1. The summed E-state index contributed by atoms with van der Waals surface area (Å²) >= 11 is 0. The molecular weight excluding hydrogens is 370 g/mol.